The van der Waals surface area contributed by atoms with E-state index >= 15 is 0 Å². The van der Waals surface area contributed by atoms with Crippen LogP contribution in [0.2, 0.25) is 0 Å². The maximum atomic E-state index is 11.9. The van der Waals surface area contributed by atoms with Crippen molar-refractivity contribution < 1.29 is 9.90 Å². The Morgan fingerprint density at radius 2 is 1.75 bits per heavy atom. The minimum atomic E-state index is -0.806. The Morgan fingerprint density at radius 1 is 1.25 bits per heavy atom. The van der Waals surface area contributed by atoms with Gasteiger partial charge in [0.05, 0.1) is 5.60 Å². The lowest BCUT2D eigenvalue weighted by molar-refractivity contribution is 0.0346. The van der Waals surface area contributed by atoms with E-state index in [1.165, 1.54) is 0 Å². The largest absolute Gasteiger partial charge is 0.388 e. The van der Waals surface area contributed by atoms with Gasteiger partial charge in [-0.3, -0.25) is 0 Å². The van der Waals surface area contributed by atoms with Crippen LogP contribution in [0, 0.1) is 5.41 Å². The summed E-state index contributed by atoms with van der Waals surface area (Å²) >= 11 is 0. The molecule has 0 aromatic rings. The molecule has 120 valence electrons. The molecule has 0 spiro atoms. The second-order valence-electron chi connectivity index (χ2n) is 6.71. The molecule has 2 amide bonds. The predicted octanol–water partition coefficient (Wildman–Crippen LogP) is 1.81. The number of urea groups is 1. The zero-order chi connectivity index (χ0) is 16.0. The van der Waals surface area contributed by atoms with Crippen molar-refractivity contribution in [2.45, 2.75) is 59.1 Å². The smallest absolute Gasteiger partial charge is 0.315 e. The van der Waals surface area contributed by atoms with E-state index < -0.39 is 5.60 Å². The summed E-state index contributed by atoms with van der Waals surface area (Å²) in [6.45, 7) is 11.3. The van der Waals surface area contributed by atoms with E-state index in [9.17, 15) is 9.90 Å². The topological polar surface area (TPSA) is 64.6 Å². The molecule has 0 aliphatic rings. The highest BCUT2D eigenvalue weighted by Gasteiger charge is 2.28. The summed E-state index contributed by atoms with van der Waals surface area (Å²) in [4.78, 5) is 14.0. The van der Waals surface area contributed by atoms with Gasteiger partial charge >= 0.3 is 6.03 Å². The molecule has 0 aliphatic carbocycles. The van der Waals surface area contributed by atoms with Gasteiger partial charge in [-0.25, -0.2) is 4.79 Å². The minimum absolute atomic E-state index is 0.0212. The van der Waals surface area contributed by atoms with Crippen LogP contribution in [0.15, 0.2) is 0 Å². The Hall–Kier alpha value is -0.810. The fourth-order valence-corrected chi connectivity index (χ4v) is 2.14. The molecule has 0 saturated heterocycles. The van der Waals surface area contributed by atoms with Gasteiger partial charge in [0.2, 0.25) is 0 Å². The monoisotopic (exact) mass is 287 g/mol. The molecule has 1 unspecified atom stereocenters. The first-order valence-corrected chi connectivity index (χ1v) is 7.48. The van der Waals surface area contributed by atoms with E-state index in [0.717, 1.165) is 6.54 Å². The van der Waals surface area contributed by atoms with E-state index in [0.29, 0.717) is 12.8 Å². The highest BCUT2D eigenvalue weighted by molar-refractivity contribution is 5.74. The van der Waals surface area contributed by atoms with Crippen LogP contribution in [0.4, 0.5) is 4.79 Å². The van der Waals surface area contributed by atoms with Crippen molar-refractivity contribution in [3.8, 4) is 0 Å². The number of hydrogen-bond acceptors (Lipinski definition) is 3. The number of amides is 2. The lowest BCUT2D eigenvalue weighted by Gasteiger charge is -2.35. The first kappa shape index (κ1) is 19.2. The molecule has 0 aliphatic heterocycles. The molecule has 0 fully saturated rings. The normalized spacial score (nSPS) is 14.2. The molecule has 0 aromatic heterocycles. The summed E-state index contributed by atoms with van der Waals surface area (Å²) in [5.41, 5.74) is -0.827. The Labute approximate surface area is 124 Å². The van der Waals surface area contributed by atoms with Crippen LogP contribution < -0.4 is 10.6 Å². The van der Waals surface area contributed by atoms with Gasteiger partial charge in [-0.15, -0.1) is 0 Å². The van der Waals surface area contributed by atoms with Crippen LogP contribution >= 0.6 is 0 Å². The fourth-order valence-electron chi connectivity index (χ4n) is 2.14. The maximum Gasteiger partial charge on any atom is 0.315 e. The summed E-state index contributed by atoms with van der Waals surface area (Å²) in [5.74, 6) is 0. The van der Waals surface area contributed by atoms with Crippen molar-refractivity contribution >= 4 is 6.03 Å². The predicted molar refractivity (Wildman–Crippen MR) is 83.9 cm³/mol. The van der Waals surface area contributed by atoms with Crippen LogP contribution in [-0.2, 0) is 0 Å². The van der Waals surface area contributed by atoms with Gasteiger partial charge < -0.3 is 20.6 Å². The molecule has 5 heteroatoms. The third-order valence-electron chi connectivity index (χ3n) is 4.14. The van der Waals surface area contributed by atoms with Crippen LogP contribution in [0.5, 0.6) is 0 Å². The second kappa shape index (κ2) is 7.84. The summed E-state index contributed by atoms with van der Waals surface area (Å²) in [6.07, 6.45) is 1.26. The minimum Gasteiger partial charge on any atom is -0.388 e. The molecule has 0 aromatic carbocycles. The quantitative estimate of drug-likeness (QED) is 0.638. The molecule has 1 atom stereocenters. The highest BCUT2D eigenvalue weighted by atomic mass is 16.3. The summed E-state index contributed by atoms with van der Waals surface area (Å²) in [7, 11) is 4.05. The summed E-state index contributed by atoms with van der Waals surface area (Å²) in [6, 6.07) is -0.175. The lowest BCUT2D eigenvalue weighted by atomic mass is 9.85. The number of carbonyl (C=O) groups is 1. The Kier molecular flexibility index (Phi) is 7.52. The number of rotatable bonds is 8. The van der Waals surface area contributed by atoms with Crippen molar-refractivity contribution in [2.75, 3.05) is 27.2 Å². The van der Waals surface area contributed by atoms with Gasteiger partial charge in [0.25, 0.3) is 0 Å². The average Bonchev–Trinajstić information content (AvgIpc) is 2.34. The van der Waals surface area contributed by atoms with E-state index in [1.807, 2.05) is 34.9 Å². The number of nitrogens with one attached hydrogen (secondary N) is 2. The van der Waals surface area contributed by atoms with Crippen LogP contribution in [0.1, 0.15) is 47.5 Å². The number of nitrogens with zero attached hydrogens (tertiary/aromatic N) is 1. The standard InChI is InChI=1S/C15H33N3O2/c1-8-15(20,9-2)10-16-13(19)17-12(3)14(4,5)11-18(6)7/h12,20H,8-11H2,1-7H3,(H2,16,17,19). The molecule has 0 bridgehead atoms. The van der Waals surface area contributed by atoms with Gasteiger partial charge in [0, 0.05) is 19.1 Å². The van der Waals surface area contributed by atoms with E-state index in [-0.39, 0.29) is 24.0 Å². The highest BCUT2D eigenvalue weighted by Crippen LogP contribution is 2.21. The van der Waals surface area contributed by atoms with Gasteiger partial charge in [0.1, 0.15) is 0 Å². The lowest BCUT2D eigenvalue weighted by Crippen LogP contribution is -2.52. The number of aliphatic hydroxyl groups is 1. The molecule has 0 heterocycles. The van der Waals surface area contributed by atoms with Crippen molar-refractivity contribution in [3.63, 3.8) is 0 Å². The Balaban J connectivity index is 4.33. The Bertz CT molecular complexity index is 299. The molecule has 0 saturated carbocycles. The average molecular weight is 287 g/mol. The molecule has 5 nitrogen and oxygen atoms in total. The third kappa shape index (κ3) is 6.57. The van der Waals surface area contributed by atoms with Crippen molar-refractivity contribution in [1.29, 1.82) is 0 Å². The van der Waals surface area contributed by atoms with E-state index in [4.69, 9.17) is 0 Å². The van der Waals surface area contributed by atoms with Gasteiger partial charge in [0.15, 0.2) is 0 Å². The van der Waals surface area contributed by atoms with Crippen molar-refractivity contribution in [3.05, 3.63) is 0 Å². The first-order valence-electron chi connectivity index (χ1n) is 7.48. The van der Waals surface area contributed by atoms with Gasteiger partial charge in [-0.2, -0.15) is 0 Å². The molecule has 3 N–H and O–H groups in total. The molecule has 0 rings (SSSR count). The molecule has 0 radical (unpaired) electrons. The third-order valence-corrected chi connectivity index (χ3v) is 4.14. The van der Waals surface area contributed by atoms with Crippen LogP contribution in [0.3, 0.4) is 0 Å². The van der Waals surface area contributed by atoms with Gasteiger partial charge in [-0.1, -0.05) is 27.7 Å². The van der Waals surface area contributed by atoms with Gasteiger partial charge in [-0.05, 0) is 39.3 Å². The zero-order valence-corrected chi connectivity index (χ0v) is 14.2. The van der Waals surface area contributed by atoms with E-state index in [2.05, 4.69) is 29.4 Å². The van der Waals surface area contributed by atoms with Crippen LogP contribution in [0.25, 0.3) is 0 Å². The van der Waals surface area contributed by atoms with Crippen LogP contribution in [-0.4, -0.2) is 54.9 Å². The van der Waals surface area contributed by atoms with Crippen molar-refractivity contribution in [1.82, 2.24) is 15.5 Å². The fraction of sp³-hybridized carbons (Fsp3) is 0.933. The van der Waals surface area contributed by atoms with Crippen molar-refractivity contribution in [2.24, 2.45) is 5.41 Å². The maximum absolute atomic E-state index is 11.9. The number of carbonyl (C=O) groups excluding carboxylic acids is 1. The SMILES string of the molecule is CCC(O)(CC)CNC(=O)NC(C)C(C)(C)CN(C)C. The summed E-state index contributed by atoms with van der Waals surface area (Å²) in [5, 5.41) is 15.9. The first-order chi connectivity index (χ1) is 9.06. The zero-order valence-electron chi connectivity index (χ0n) is 14.2. The number of hydrogen-bond donors (Lipinski definition) is 3. The molecular formula is C15H33N3O2. The molecule has 20 heavy (non-hydrogen) atoms. The molecular weight excluding hydrogens is 254 g/mol. The summed E-state index contributed by atoms with van der Waals surface area (Å²) < 4.78 is 0. The second-order valence-corrected chi connectivity index (χ2v) is 6.71. The Morgan fingerprint density at radius 3 is 2.15 bits per heavy atom. The van der Waals surface area contributed by atoms with E-state index in [1.54, 1.807) is 0 Å².